The number of allylic oxidation sites excluding steroid dienone is 3. The third kappa shape index (κ3) is 5.74. The lowest BCUT2D eigenvalue weighted by molar-refractivity contribution is -0.185. The van der Waals surface area contributed by atoms with E-state index in [2.05, 4.69) is 118 Å². The van der Waals surface area contributed by atoms with Gasteiger partial charge >= 0.3 is 11.9 Å². The molecule has 4 heterocycles. The molecule has 12 heteroatoms. The highest BCUT2D eigenvalue weighted by atomic mass is 127. The van der Waals surface area contributed by atoms with Crippen molar-refractivity contribution in [1.82, 2.24) is 9.88 Å². The number of nitrogens with one attached hydrogen (secondary N) is 1. The number of fused-ring (bicyclic) bond motifs is 2. The van der Waals surface area contributed by atoms with Crippen molar-refractivity contribution >= 4 is 56.8 Å². The van der Waals surface area contributed by atoms with E-state index in [0.717, 1.165) is 83.6 Å². The molecular formula is C47H59IN4O7. The van der Waals surface area contributed by atoms with Crippen LogP contribution in [0.2, 0.25) is 0 Å². The second-order valence-corrected chi connectivity index (χ2v) is 18.8. The number of H-pyrrole nitrogens is 1. The van der Waals surface area contributed by atoms with Crippen LogP contribution in [0.25, 0.3) is 10.9 Å². The van der Waals surface area contributed by atoms with Crippen LogP contribution in [0.15, 0.2) is 66.4 Å². The number of carbonyl (C=O) groups excluding carboxylic acids is 2. The predicted molar refractivity (Wildman–Crippen MR) is 239 cm³/mol. The number of aryl methyl sites for hydroxylation is 1. The number of rotatable bonds is 13. The van der Waals surface area contributed by atoms with Crippen LogP contribution in [-0.2, 0) is 36.3 Å². The Balaban J connectivity index is 1.41. The van der Waals surface area contributed by atoms with Crippen LogP contribution in [0.1, 0.15) is 88.1 Å². The fourth-order valence-electron chi connectivity index (χ4n) is 12.0. The summed E-state index contributed by atoms with van der Waals surface area (Å²) in [6, 6.07) is 10.5. The van der Waals surface area contributed by atoms with E-state index < -0.39 is 43.9 Å². The molecule has 7 atom stereocenters. The van der Waals surface area contributed by atoms with E-state index in [1.807, 2.05) is 13.1 Å². The first kappa shape index (κ1) is 41.9. The molecule has 2 aromatic carbocycles. The Morgan fingerprint density at radius 2 is 1.93 bits per heavy atom. The van der Waals surface area contributed by atoms with Gasteiger partial charge in [-0.15, -0.1) is 0 Å². The molecule has 316 valence electrons. The van der Waals surface area contributed by atoms with Crippen molar-refractivity contribution in [2.75, 3.05) is 57.8 Å². The van der Waals surface area contributed by atoms with Crippen molar-refractivity contribution in [3.63, 3.8) is 0 Å². The molecular weight excluding hydrogens is 859 g/mol. The van der Waals surface area contributed by atoms with Crippen LogP contribution < -0.4 is 14.5 Å². The summed E-state index contributed by atoms with van der Waals surface area (Å²) in [6.45, 7) is 7.10. The highest BCUT2D eigenvalue weighted by Gasteiger charge is 2.79. The first-order chi connectivity index (χ1) is 28.4. The number of methoxy groups -OCH3 is 2. The van der Waals surface area contributed by atoms with Crippen molar-refractivity contribution < 1.29 is 34.0 Å². The maximum absolute atomic E-state index is 15.1. The van der Waals surface area contributed by atoms with Crippen molar-refractivity contribution in [2.45, 2.75) is 105 Å². The minimum atomic E-state index is -1.41. The molecule has 3 N–H and O–H groups in total. The van der Waals surface area contributed by atoms with Crippen LogP contribution in [0, 0.1) is 5.41 Å². The molecule has 5 unspecified atom stereocenters. The topological polar surface area (TPSA) is 128 Å². The summed E-state index contributed by atoms with van der Waals surface area (Å²) >= 11 is 2.45. The third-order valence-corrected chi connectivity index (χ3v) is 16.9. The number of carbonyl (C=O) groups is 2. The summed E-state index contributed by atoms with van der Waals surface area (Å²) in [7, 11) is 7.16. The second kappa shape index (κ2) is 15.6. The second-order valence-electron chi connectivity index (χ2n) is 17.1. The van der Waals surface area contributed by atoms with Gasteiger partial charge in [0.25, 0.3) is 0 Å². The third-order valence-electron chi connectivity index (χ3n) is 14.6. The van der Waals surface area contributed by atoms with Crippen molar-refractivity contribution in [3.8, 4) is 5.75 Å². The Hall–Kier alpha value is -3.85. The van der Waals surface area contributed by atoms with Gasteiger partial charge in [0.2, 0.25) is 0 Å². The number of hydrogen-bond acceptors (Lipinski definition) is 10. The monoisotopic (exact) mass is 918 g/mol. The molecule has 3 aliphatic heterocycles. The zero-order valence-corrected chi connectivity index (χ0v) is 37.6. The molecule has 3 aromatic rings. The summed E-state index contributed by atoms with van der Waals surface area (Å²) in [5.74, 6) is -0.352. The molecule has 8 rings (SSSR count). The summed E-state index contributed by atoms with van der Waals surface area (Å²) in [5, 5.41) is 24.4. The number of ether oxygens (including phenoxy) is 3. The fraction of sp³-hybridized carbons (Fsp3) is 0.532. The van der Waals surface area contributed by atoms with E-state index in [9.17, 15) is 15.0 Å². The molecule has 0 radical (unpaired) electrons. The summed E-state index contributed by atoms with van der Waals surface area (Å²) in [5.41, 5.74) is 4.72. The van der Waals surface area contributed by atoms with Gasteiger partial charge in [0.15, 0.2) is 0 Å². The number of aliphatic hydroxyl groups is 2. The number of benzene rings is 2. The van der Waals surface area contributed by atoms with E-state index in [4.69, 9.17) is 14.2 Å². The molecule has 1 aromatic heterocycles. The van der Waals surface area contributed by atoms with Gasteiger partial charge in [-0.05, 0) is 93.0 Å². The zero-order valence-electron chi connectivity index (χ0n) is 35.4. The summed E-state index contributed by atoms with van der Waals surface area (Å²) in [6.07, 6.45) is 14.7. The van der Waals surface area contributed by atoms with Gasteiger partial charge in [0.05, 0.1) is 19.6 Å². The number of anilines is 2. The standard InChI is InChI=1S/C47H59IN4O7/c1-8-15-32-33-26-31(50(4)30-16-11-10-12-17-30)18-19-36(33)49-39(32)45(21-14-25-53,43(56)58-7)35-27-34-37(28-38(35)57-6)51(5)47(48)40(55)41(59-29(3)54)44(9-2)20-13-23-52-24-22-46(34,47)42(44)52/h11,13,16-20,26-28,40-42,49,53,55H,8-10,12,14-15,21-25H2,1-7H3/t40?,41?,42?,44-,45-,46?,47?/m0/s1. The minimum absolute atomic E-state index is 0.122. The van der Waals surface area contributed by atoms with Gasteiger partial charge < -0.3 is 39.2 Å². The number of hydrogen-bond donors (Lipinski definition) is 3. The Morgan fingerprint density at radius 3 is 2.59 bits per heavy atom. The quantitative estimate of drug-likeness (QED) is 0.0533. The van der Waals surface area contributed by atoms with Crippen molar-refractivity contribution in [3.05, 3.63) is 88.8 Å². The highest BCUT2D eigenvalue weighted by Crippen LogP contribution is 2.71. The Kier molecular flexibility index (Phi) is 11.0. The van der Waals surface area contributed by atoms with Gasteiger partial charge in [0, 0.05) is 90.9 Å². The maximum Gasteiger partial charge on any atom is 0.322 e. The Labute approximate surface area is 361 Å². The van der Waals surface area contributed by atoms with E-state index in [1.54, 1.807) is 7.11 Å². The molecule has 0 amide bonds. The molecule has 59 heavy (non-hydrogen) atoms. The predicted octanol–water partition coefficient (Wildman–Crippen LogP) is 7.20. The summed E-state index contributed by atoms with van der Waals surface area (Å²) in [4.78, 5) is 38.5. The zero-order chi connectivity index (χ0) is 42.1. The maximum atomic E-state index is 15.1. The summed E-state index contributed by atoms with van der Waals surface area (Å²) < 4.78 is 17.5. The van der Waals surface area contributed by atoms with Crippen molar-refractivity contribution in [1.29, 1.82) is 0 Å². The van der Waals surface area contributed by atoms with Crippen LogP contribution in [0.3, 0.4) is 0 Å². The van der Waals surface area contributed by atoms with Gasteiger partial charge in [-0.3, -0.25) is 14.5 Å². The molecule has 11 nitrogen and oxygen atoms in total. The van der Waals surface area contributed by atoms with Crippen LogP contribution >= 0.6 is 22.6 Å². The number of aliphatic hydroxyl groups excluding tert-OH is 2. The van der Waals surface area contributed by atoms with E-state index in [1.165, 1.54) is 14.0 Å². The molecule has 0 bridgehead atoms. The van der Waals surface area contributed by atoms with Gasteiger partial charge in [-0.2, -0.15) is 0 Å². The van der Waals surface area contributed by atoms with E-state index >= 15 is 4.79 Å². The molecule has 1 saturated carbocycles. The average molecular weight is 919 g/mol. The molecule has 1 spiro atoms. The molecule has 2 aliphatic carbocycles. The molecule has 2 fully saturated rings. The minimum Gasteiger partial charge on any atom is -0.496 e. The number of aromatic nitrogens is 1. The van der Waals surface area contributed by atoms with Crippen LogP contribution in [0.5, 0.6) is 5.75 Å². The SMILES string of the molecule is CCCc1c([C@@](CCCO)(C(=O)OC)c2cc3c(cc2OC)N(C)C2(I)C(O)C(OC(C)=O)[C@]4(CC)C=CCN5CCC32C54)[nH]c2ccc(N(C)C3=CCCC=C3)cc12. The molecule has 5 aliphatic rings. The lowest BCUT2D eigenvalue weighted by atomic mass is 9.51. The Bertz CT molecular complexity index is 2250. The number of likely N-dealkylation sites (N-methyl/N-ethyl adjacent to an activating group) is 2. The average Bonchev–Trinajstić information content (AvgIpc) is 3.89. The normalized spacial score (nSPS) is 29.1. The van der Waals surface area contributed by atoms with Crippen molar-refractivity contribution in [2.24, 2.45) is 5.41 Å². The van der Waals surface area contributed by atoms with Crippen LogP contribution in [-0.4, -0.2) is 102 Å². The van der Waals surface area contributed by atoms with Gasteiger partial charge in [0.1, 0.15) is 26.9 Å². The lowest BCUT2D eigenvalue weighted by Crippen LogP contribution is -2.78. The number of alkyl halides is 1. The molecule has 1 saturated heterocycles. The van der Waals surface area contributed by atoms with E-state index in [0.29, 0.717) is 30.6 Å². The first-order valence-electron chi connectivity index (χ1n) is 21.2. The van der Waals surface area contributed by atoms with E-state index in [-0.39, 0.29) is 19.1 Å². The largest absolute Gasteiger partial charge is 0.496 e. The first-order valence-corrected chi connectivity index (χ1v) is 22.3. The Morgan fingerprint density at radius 1 is 1.14 bits per heavy atom. The number of esters is 2. The van der Waals surface area contributed by atoms with Gasteiger partial charge in [-0.25, -0.2) is 0 Å². The number of aromatic amines is 1. The fourth-order valence-corrected chi connectivity index (χ4v) is 13.5. The lowest BCUT2D eigenvalue weighted by Gasteiger charge is -2.64. The van der Waals surface area contributed by atoms with Crippen LogP contribution in [0.4, 0.5) is 11.4 Å². The number of halogens is 1. The smallest absolute Gasteiger partial charge is 0.322 e. The van der Waals surface area contributed by atoms with Gasteiger partial charge in [-0.1, -0.05) is 67.2 Å². The number of nitrogens with zero attached hydrogens (tertiary/aromatic N) is 3. The highest BCUT2D eigenvalue weighted by molar-refractivity contribution is 14.1.